The van der Waals surface area contributed by atoms with Gasteiger partial charge in [-0.15, -0.1) is 10.2 Å². The Bertz CT molecular complexity index is 1150. The van der Waals surface area contributed by atoms with Gasteiger partial charge in [0.15, 0.2) is 11.5 Å². The van der Waals surface area contributed by atoms with Crippen molar-refractivity contribution >= 4 is 16.6 Å². The van der Waals surface area contributed by atoms with Gasteiger partial charge in [0.1, 0.15) is 17.0 Å². The standard InChI is InChI=1S/C23H26N6O/c1-17-25-26-23-20-7-5-12-24-22(20)21(27-29(17)23)18-8-10-19(11-9-18)30-16-6-15-28-13-3-2-4-14-28/h5,7-12H,2-4,6,13-16H2,1H3. The summed E-state index contributed by atoms with van der Waals surface area (Å²) in [5, 5.41) is 14.1. The summed E-state index contributed by atoms with van der Waals surface area (Å²) < 4.78 is 7.75. The van der Waals surface area contributed by atoms with Crippen LogP contribution in [-0.2, 0) is 0 Å². The fraction of sp³-hybridized carbons (Fsp3) is 0.391. The number of rotatable bonds is 6. The second-order valence-corrected chi connectivity index (χ2v) is 7.86. The average Bonchev–Trinajstić information content (AvgIpc) is 3.18. The SMILES string of the molecule is Cc1nnc2c3cccnc3c(-c3ccc(OCCCN4CCCCC4)cc3)nn12. The number of ether oxygens (including phenoxy) is 1. The zero-order valence-corrected chi connectivity index (χ0v) is 17.3. The summed E-state index contributed by atoms with van der Waals surface area (Å²) in [7, 11) is 0. The van der Waals surface area contributed by atoms with Gasteiger partial charge in [-0.2, -0.15) is 9.61 Å². The Hall–Kier alpha value is -3.06. The molecule has 7 heteroatoms. The van der Waals surface area contributed by atoms with E-state index in [4.69, 9.17) is 9.84 Å². The summed E-state index contributed by atoms with van der Waals surface area (Å²) in [6.45, 7) is 6.24. The molecule has 7 nitrogen and oxygen atoms in total. The van der Waals surface area contributed by atoms with Crippen molar-refractivity contribution in [3.63, 3.8) is 0 Å². The fourth-order valence-corrected chi connectivity index (χ4v) is 4.13. The minimum atomic E-state index is 0.730. The lowest BCUT2D eigenvalue weighted by atomic mass is 10.1. The normalized spacial score (nSPS) is 15.1. The monoisotopic (exact) mass is 402 g/mol. The van der Waals surface area contributed by atoms with Crippen LogP contribution in [0.25, 0.3) is 27.8 Å². The summed E-state index contributed by atoms with van der Waals surface area (Å²) >= 11 is 0. The zero-order chi connectivity index (χ0) is 20.3. The first-order chi connectivity index (χ1) is 14.8. The maximum Gasteiger partial charge on any atom is 0.187 e. The molecule has 5 rings (SSSR count). The Morgan fingerprint density at radius 1 is 1.00 bits per heavy atom. The van der Waals surface area contributed by atoms with Gasteiger partial charge in [0, 0.05) is 23.7 Å². The van der Waals surface area contributed by atoms with E-state index in [1.807, 2.05) is 43.3 Å². The van der Waals surface area contributed by atoms with E-state index in [0.717, 1.165) is 59.0 Å². The minimum absolute atomic E-state index is 0.730. The topological polar surface area (TPSA) is 68.4 Å². The molecule has 0 radical (unpaired) electrons. The van der Waals surface area contributed by atoms with Crippen LogP contribution < -0.4 is 4.74 Å². The van der Waals surface area contributed by atoms with Crippen LogP contribution >= 0.6 is 0 Å². The predicted octanol–water partition coefficient (Wildman–Crippen LogP) is 3.90. The predicted molar refractivity (Wildman–Crippen MR) is 117 cm³/mol. The highest BCUT2D eigenvalue weighted by Crippen LogP contribution is 2.28. The molecule has 1 aliphatic rings. The van der Waals surface area contributed by atoms with Crippen molar-refractivity contribution in [2.24, 2.45) is 0 Å². The van der Waals surface area contributed by atoms with Crippen LogP contribution in [0.4, 0.5) is 0 Å². The highest BCUT2D eigenvalue weighted by atomic mass is 16.5. The van der Waals surface area contributed by atoms with E-state index in [1.165, 1.54) is 32.4 Å². The third kappa shape index (κ3) is 3.73. The van der Waals surface area contributed by atoms with E-state index in [-0.39, 0.29) is 0 Å². The van der Waals surface area contributed by atoms with Crippen molar-refractivity contribution in [1.29, 1.82) is 0 Å². The molecule has 30 heavy (non-hydrogen) atoms. The Morgan fingerprint density at radius 2 is 1.83 bits per heavy atom. The number of nitrogens with zero attached hydrogens (tertiary/aromatic N) is 6. The lowest BCUT2D eigenvalue weighted by Crippen LogP contribution is -2.31. The zero-order valence-electron chi connectivity index (χ0n) is 17.3. The second kappa shape index (κ2) is 8.36. The van der Waals surface area contributed by atoms with Gasteiger partial charge in [-0.25, -0.2) is 0 Å². The number of benzene rings is 1. The van der Waals surface area contributed by atoms with Gasteiger partial charge >= 0.3 is 0 Å². The third-order valence-corrected chi connectivity index (χ3v) is 5.73. The maximum absolute atomic E-state index is 5.96. The summed E-state index contributed by atoms with van der Waals surface area (Å²) in [5.74, 6) is 1.64. The van der Waals surface area contributed by atoms with Gasteiger partial charge in [0.05, 0.1) is 6.61 Å². The van der Waals surface area contributed by atoms with Crippen LogP contribution in [0.1, 0.15) is 31.5 Å². The Labute approximate surface area is 175 Å². The summed E-state index contributed by atoms with van der Waals surface area (Å²) in [5.41, 5.74) is 3.37. The summed E-state index contributed by atoms with van der Waals surface area (Å²) in [4.78, 5) is 7.11. The first kappa shape index (κ1) is 18.9. The van der Waals surface area contributed by atoms with Crippen LogP contribution in [0.2, 0.25) is 0 Å². The molecule has 154 valence electrons. The van der Waals surface area contributed by atoms with Crippen LogP contribution in [0.5, 0.6) is 5.75 Å². The van der Waals surface area contributed by atoms with E-state index >= 15 is 0 Å². The molecule has 1 saturated heterocycles. The van der Waals surface area contributed by atoms with Crippen LogP contribution in [0.15, 0.2) is 42.6 Å². The number of hydrogen-bond acceptors (Lipinski definition) is 6. The van der Waals surface area contributed by atoms with E-state index in [2.05, 4.69) is 20.1 Å². The van der Waals surface area contributed by atoms with Gasteiger partial charge in [0.25, 0.3) is 0 Å². The molecular formula is C23H26N6O. The van der Waals surface area contributed by atoms with Gasteiger partial charge < -0.3 is 9.64 Å². The van der Waals surface area contributed by atoms with Gasteiger partial charge in [0.2, 0.25) is 0 Å². The Morgan fingerprint density at radius 3 is 2.67 bits per heavy atom. The van der Waals surface area contributed by atoms with E-state index in [1.54, 1.807) is 10.7 Å². The van der Waals surface area contributed by atoms with Crippen LogP contribution in [0.3, 0.4) is 0 Å². The fourth-order valence-electron chi connectivity index (χ4n) is 4.13. The van der Waals surface area contributed by atoms with E-state index in [0.29, 0.717) is 0 Å². The molecule has 4 aromatic rings. The molecule has 0 bridgehead atoms. The van der Waals surface area contributed by atoms with Crippen molar-refractivity contribution in [1.82, 2.24) is 29.7 Å². The average molecular weight is 403 g/mol. The molecule has 0 aliphatic carbocycles. The molecule has 0 saturated carbocycles. The molecule has 0 amide bonds. The van der Waals surface area contributed by atoms with Crippen molar-refractivity contribution in [2.45, 2.75) is 32.6 Å². The molecule has 4 heterocycles. The molecule has 0 N–H and O–H groups in total. The van der Waals surface area contributed by atoms with Gasteiger partial charge in [-0.3, -0.25) is 4.98 Å². The molecule has 1 aliphatic heterocycles. The lowest BCUT2D eigenvalue weighted by molar-refractivity contribution is 0.205. The van der Waals surface area contributed by atoms with Crippen molar-refractivity contribution in [2.75, 3.05) is 26.2 Å². The number of piperidine rings is 1. The van der Waals surface area contributed by atoms with Crippen molar-refractivity contribution in [3.05, 3.63) is 48.4 Å². The number of likely N-dealkylation sites (tertiary alicyclic amines) is 1. The third-order valence-electron chi connectivity index (χ3n) is 5.73. The summed E-state index contributed by atoms with van der Waals surface area (Å²) in [6.07, 6.45) is 6.89. The smallest absolute Gasteiger partial charge is 0.187 e. The molecule has 0 unspecified atom stereocenters. The van der Waals surface area contributed by atoms with Crippen molar-refractivity contribution in [3.8, 4) is 17.0 Å². The second-order valence-electron chi connectivity index (χ2n) is 7.86. The first-order valence-corrected chi connectivity index (χ1v) is 10.7. The number of pyridine rings is 1. The lowest BCUT2D eigenvalue weighted by Gasteiger charge is -2.26. The Balaban J connectivity index is 1.32. The number of aromatic nitrogens is 5. The summed E-state index contributed by atoms with van der Waals surface area (Å²) in [6, 6.07) is 12.0. The molecule has 1 fully saturated rings. The minimum Gasteiger partial charge on any atom is -0.494 e. The van der Waals surface area contributed by atoms with E-state index < -0.39 is 0 Å². The molecular weight excluding hydrogens is 376 g/mol. The van der Waals surface area contributed by atoms with Crippen LogP contribution in [0, 0.1) is 6.92 Å². The highest BCUT2D eigenvalue weighted by Gasteiger charge is 2.15. The van der Waals surface area contributed by atoms with Crippen molar-refractivity contribution < 1.29 is 4.74 Å². The Kier molecular flexibility index (Phi) is 5.27. The molecule has 3 aromatic heterocycles. The maximum atomic E-state index is 5.96. The quantitative estimate of drug-likeness (QED) is 0.456. The van der Waals surface area contributed by atoms with Gasteiger partial charge in [-0.1, -0.05) is 6.42 Å². The van der Waals surface area contributed by atoms with Gasteiger partial charge in [-0.05, 0) is 75.7 Å². The van der Waals surface area contributed by atoms with E-state index in [9.17, 15) is 0 Å². The largest absolute Gasteiger partial charge is 0.494 e. The number of fused-ring (bicyclic) bond motifs is 3. The molecule has 0 atom stereocenters. The molecule has 1 aromatic carbocycles. The molecule has 0 spiro atoms. The number of aryl methyl sites for hydroxylation is 1. The first-order valence-electron chi connectivity index (χ1n) is 10.7. The highest BCUT2D eigenvalue weighted by molar-refractivity contribution is 5.98. The number of hydrogen-bond donors (Lipinski definition) is 0. The van der Waals surface area contributed by atoms with Crippen LogP contribution in [-0.4, -0.2) is 55.9 Å².